The molecule has 4 nitrogen and oxygen atoms in total. The molecular weight excluding hydrogens is 278 g/mol. The molecule has 1 aromatic rings. The number of aliphatic hydroxyl groups is 1. The van der Waals surface area contributed by atoms with Gasteiger partial charge in [0, 0.05) is 18.5 Å². The molecule has 1 aliphatic rings. The monoisotopic (exact) mass is 305 g/mol. The van der Waals surface area contributed by atoms with Crippen LogP contribution in [-0.2, 0) is 11.2 Å². The van der Waals surface area contributed by atoms with Crippen molar-refractivity contribution in [3.63, 3.8) is 0 Å². The lowest BCUT2D eigenvalue weighted by molar-refractivity contribution is -0.137. The normalized spacial score (nSPS) is 25.5. The summed E-state index contributed by atoms with van der Waals surface area (Å²) in [5.74, 6) is -0.712. The van der Waals surface area contributed by atoms with Gasteiger partial charge in [-0.05, 0) is 38.3 Å². The van der Waals surface area contributed by atoms with Crippen LogP contribution in [-0.4, -0.2) is 46.3 Å². The van der Waals surface area contributed by atoms with Crippen molar-refractivity contribution in [1.29, 1.82) is 0 Å². The lowest BCUT2D eigenvalue weighted by atomic mass is 10.0. The van der Waals surface area contributed by atoms with Crippen molar-refractivity contribution in [3.8, 4) is 0 Å². The van der Waals surface area contributed by atoms with Gasteiger partial charge in [-0.2, -0.15) is 0 Å². The van der Waals surface area contributed by atoms with E-state index >= 15 is 0 Å². The number of likely N-dealkylation sites (N-methyl/N-ethyl adjacent to an activating group) is 1. The summed E-state index contributed by atoms with van der Waals surface area (Å²) in [4.78, 5) is 12.8. The first-order chi connectivity index (χ1) is 10.6. The van der Waals surface area contributed by atoms with E-state index in [-0.39, 0.29) is 18.6 Å². The minimum atomic E-state index is -0.712. The van der Waals surface area contributed by atoms with Gasteiger partial charge in [0.05, 0.1) is 6.10 Å². The molecule has 0 aromatic heterocycles. The highest BCUT2D eigenvalue weighted by Crippen LogP contribution is 2.28. The fourth-order valence-corrected chi connectivity index (χ4v) is 3.43. The fraction of sp³-hybridized carbons (Fsp3) is 0.611. The number of carboxylic acids is 1. The number of carbonyl (C=O) groups is 1. The van der Waals surface area contributed by atoms with Gasteiger partial charge in [0.2, 0.25) is 0 Å². The van der Waals surface area contributed by atoms with Crippen LogP contribution in [0.3, 0.4) is 0 Å². The SMILES string of the molecule is CN1C(CCCCCC(=O)O)CC(O)C1Cc1ccccc1. The van der Waals surface area contributed by atoms with Crippen LogP contribution < -0.4 is 0 Å². The smallest absolute Gasteiger partial charge is 0.303 e. The Kier molecular flexibility index (Phi) is 6.40. The minimum absolute atomic E-state index is 0.186. The number of rotatable bonds is 8. The van der Waals surface area contributed by atoms with Crippen molar-refractivity contribution in [3.05, 3.63) is 35.9 Å². The maximum Gasteiger partial charge on any atom is 0.303 e. The highest BCUT2D eigenvalue weighted by atomic mass is 16.4. The predicted molar refractivity (Wildman–Crippen MR) is 86.8 cm³/mol. The highest BCUT2D eigenvalue weighted by molar-refractivity contribution is 5.66. The molecule has 0 aliphatic carbocycles. The summed E-state index contributed by atoms with van der Waals surface area (Å²) in [6.45, 7) is 0. The number of aliphatic hydroxyl groups excluding tert-OH is 1. The van der Waals surface area contributed by atoms with E-state index in [0.29, 0.717) is 6.04 Å². The molecule has 1 saturated heterocycles. The van der Waals surface area contributed by atoms with Crippen LogP contribution >= 0.6 is 0 Å². The second kappa shape index (κ2) is 8.30. The zero-order valence-electron chi connectivity index (χ0n) is 13.3. The Bertz CT molecular complexity index is 463. The maximum absolute atomic E-state index is 10.5. The number of carboxylic acid groups (broad SMARTS) is 1. The quantitative estimate of drug-likeness (QED) is 0.725. The molecule has 0 amide bonds. The molecule has 0 saturated carbocycles. The van der Waals surface area contributed by atoms with Gasteiger partial charge in [0.15, 0.2) is 0 Å². The summed E-state index contributed by atoms with van der Waals surface area (Å²) in [7, 11) is 2.10. The van der Waals surface area contributed by atoms with E-state index in [1.54, 1.807) is 0 Å². The molecule has 1 heterocycles. The van der Waals surface area contributed by atoms with Gasteiger partial charge < -0.3 is 10.2 Å². The minimum Gasteiger partial charge on any atom is -0.481 e. The lowest BCUT2D eigenvalue weighted by Crippen LogP contribution is -2.37. The average Bonchev–Trinajstić information content (AvgIpc) is 2.75. The van der Waals surface area contributed by atoms with Crippen LogP contribution in [0.15, 0.2) is 30.3 Å². The van der Waals surface area contributed by atoms with Gasteiger partial charge in [0.1, 0.15) is 0 Å². The summed E-state index contributed by atoms with van der Waals surface area (Å²) >= 11 is 0. The van der Waals surface area contributed by atoms with Crippen molar-refractivity contribution in [1.82, 2.24) is 4.90 Å². The third-order valence-corrected chi connectivity index (χ3v) is 4.77. The van der Waals surface area contributed by atoms with E-state index in [4.69, 9.17) is 5.11 Å². The van der Waals surface area contributed by atoms with E-state index < -0.39 is 5.97 Å². The molecule has 3 atom stereocenters. The molecule has 1 fully saturated rings. The zero-order valence-corrected chi connectivity index (χ0v) is 13.3. The van der Waals surface area contributed by atoms with Crippen molar-refractivity contribution >= 4 is 5.97 Å². The molecule has 22 heavy (non-hydrogen) atoms. The van der Waals surface area contributed by atoms with Crippen molar-refractivity contribution in [2.24, 2.45) is 0 Å². The Morgan fingerprint density at radius 3 is 2.64 bits per heavy atom. The molecule has 122 valence electrons. The third kappa shape index (κ3) is 4.82. The second-order valence-electron chi connectivity index (χ2n) is 6.37. The van der Waals surface area contributed by atoms with Crippen LogP contribution in [0, 0.1) is 0 Å². The topological polar surface area (TPSA) is 60.8 Å². The number of aliphatic carboxylic acids is 1. The molecule has 4 heteroatoms. The molecule has 2 N–H and O–H groups in total. The van der Waals surface area contributed by atoms with Crippen molar-refractivity contribution in [2.75, 3.05) is 7.05 Å². The van der Waals surface area contributed by atoms with Gasteiger partial charge in [-0.25, -0.2) is 0 Å². The third-order valence-electron chi connectivity index (χ3n) is 4.77. The van der Waals surface area contributed by atoms with E-state index in [2.05, 4.69) is 24.1 Å². The maximum atomic E-state index is 10.5. The van der Waals surface area contributed by atoms with Crippen LogP contribution in [0.2, 0.25) is 0 Å². The standard InChI is InChI=1S/C18H27NO3/c1-19-15(10-6-3-7-11-18(21)22)13-17(20)16(19)12-14-8-4-2-5-9-14/h2,4-5,8-9,15-17,20H,3,6-7,10-13H2,1H3,(H,21,22). The van der Waals surface area contributed by atoms with Gasteiger partial charge >= 0.3 is 5.97 Å². The molecule has 1 aliphatic heterocycles. The molecule has 0 radical (unpaired) electrons. The van der Waals surface area contributed by atoms with Crippen LogP contribution in [0.1, 0.15) is 44.1 Å². The Morgan fingerprint density at radius 2 is 1.95 bits per heavy atom. The Balaban J connectivity index is 1.77. The Labute approximate surface area is 132 Å². The number of unbranched alkanes of at least 4 members (excludes halogenated alkanes) is 2. The number of hydrogen-bond acceptors (Lipinski definition) is 3. The molecule has 0 bridgehead atoms. The fourth-order valence-electron chi connectivity index (χ4n) is 3.43. The molecule has 3 unspecified atom stereocenters. The number of likely N-dealkylation sites (tertiary alicyclic amines) is 1. The summed E-state index contributed by atoms with van der Waals surface area (Å²) in [5, 5.41) is 19.0. The van der Waals surface area contributed by atoms with Crippen LogP contribution in [0.5, 0.6) is 0 Å². The average molecular weight is 305 g/mol. The van der Waals surface area contributed by atoms with E-state index in [0.717, 1.165) is 38.5 Å². The molecule has 1 aromatic carbocycles. The summed E-state index contributed by atoms with van der Waals surface area (Å²) in [6, 6.07) is 10.9. The van der Waals surface area contributed by atoms with Crippen LogP contribution in [0.25, 0.3) is 0 Å². The summed E-state index contributed by atoms with van der Waals surface area (Å²) in [6.07, 6.45) is 5.48. The number of hydrogen-bond donors (Lipinski definition) is 2. The van der Waals surface area contributed by atoms with Gasteiger partial charge in [0.25, 0.3) is 0 Å². The van der Waals surface area contributed by atoms with E-state index in [1.807, 2.05) is 18.2 Å². The van der Waals surface area contributed by atoms with Crippen molar-refractivity contribution < 1.29 is 15.0 Å². The number of benzene rings is 1. The van der Waals surface area contributed by atoms with Gasteiger partial charge in [-0.3, -0.25) is 9.69 Å². The van der Waals surface area contributed by atoms with Crippen molar-refractivity contribution in [2.45, 2.75) is 63.1 Å². The molecule has 2 rings (SSSR count). The summed E-state index contributed by atoms with van der Waals surface area (Å²) in [5.41, 5.74) is 1.26. The predicted octanol–water partition coefficient (Wildman–Crippen LogP) is 2.70. The second-order valence-corrected chi connectivity index (χ2v) is 6.37. The first kappa shape index (κ1) is 17.0. The van der Waals surface area contributed by atoms with E-state index in [9.17, 15) is 9.90 Å². The largest absolute Gasteiger partial charge is 0.481 e. The molecular formula is C18H27NO3. The highest BCUT2D eigenvalue weighted by Gasteiger charge is 2.37. The lowest BCUT2D eigenvalue weighted by Gasteiger charge is -2.26. The van der Waals surface area contributed by atoms with Gasteiger partial charge in [-0.15, -0.1) is 0 Å². The first-order valence-corrected chi connectivity index (χ1v) is 8.23. The van der Waals surface area contributed by atoms with E-state index in [1.165, 1.54) is 5.56 Å². The first-order valence-electron chi connectivity index (χ1n) is 8.23. The van der Waals surface area contributed by atoms with Crippen LogP contribution in [0.4, 0.5) is 0 Å². The Hall–Kier alpha value is -1.39. The molecule has 0 spiro atoms. The van der Waals surface area contributed by atoms with Gasteiger partial charge in [-0.1, -0.05) is 43.2 Å². The summed E-state index contributed by atoms with van der Waals surface area (Å²) < 4.78 is 0. The Morgan fingerprint density at radius 1 is 1.23 bits per heavy atom. The zero-order chi connectivity index (χ0) is 15.9. The number of nitrogens with zero attached hydrogens (tertiary/aromatic N) is 1.